The van der Waals surface area contributed by atoms with Gasteiger partial charge in [0, 0.05) is 4.88 Å². The predicted molar refractivity (Wildman–Crippen MR) is 122 cm³/mol. The second-order valence-corrected chi connectivity index (χ2v) is 9.00. The van der Waals surface area contributed by atoms with Crippen molar-refractivity contribution in [3.63, 3.8) is 0 Å². The van der Waals surface area contributed by atoms with Gasteiger partial charge < -0.3 is 14.3 Å². The molecule has 0 spiro atoms. The lowest BCUT2D eigenvalue weighted by Gasteiger charge is -2.23. The van der Waals surface area contributed by atoms with Crippen LogP contribution in [-0.2, 0) is 0 Å². The summed E-state index contributed by atoms with van der Waals surface area (Å²) in [4.78, 5) is 34.3. The molecule has 5 rings (SSSR count). The summed E-state index contributed by atoms with van der Waals surface area (Å²) in [5, 5.41) is 11.0. The van der Waals surface area contributed by atoms with Crippen LogP contribution in [0.4, 0.5) is 5.13 Å². The Morgan fingerprint density at radius 3 is 2.59 bits per heavy atom. The first-order chi connectivity index (χ1) is 15.3. The number of phenols is 1. The third-order valence-corrected chi connectivity index (χ3v) is 6.84. The van der Waals surface area contributed by atoms with E-state index in [1.807, 2.05) is 26.8 Å². The number of aromatic hydroxyl groups is 1. The largest absolute Gasteiger partial charge is 0.504 e. The quantitative estimate of drug-likeness (QED) is 0.491. The summed E-state index contributed by atoms with van der Waals surface area (Å²) in [6.45, 7) is 5.71. The maximum atomic E-state index is 13.6. The summed E-state index contributed by atoms with van der Waals surface area (Å²) in [5.74, 6) is -0.204. The number of anilines is 1. The number of thiazole rings is 1. The van der Waals surface area contributed by atoms with Crippen molar-refractivity contribution in [3.8, 4) is 11.5 Å². The Morgan fingerprint density at radius 2 is 1.91 bits per heavy atom. The summed E-state index contributed by atoms with van der Waals surface area (Å²) in [6, 6.07) is 9.33. The molecular formula is C24H20N2O5S. The van der Waals surface area contributed by atoms with E-state index in [0.29, 0.717) is 21.7 Å². The number of methoxy groups -OCH3 is 1. The van der Waals surface area contributed by atoms with Crippen molar-refractivity contribution in [2.24, 2.45) is 0 Å². The van der Waals surface area contributed by atoms with Crippen LogP contribution in [0.5, 0.6) is 11.5 Å². The van der Waals surface area contributed by atoms with E-state index in [2.05, 4.69) is 4.98 Å². The number of nitrogens with zero attached hydrogens (tertiary/aromatic N) is 2. The monoisotopic (exact) mass is 448 g/mol. The highest BCUT2D eigenvalue weighted by Crippen LogP contribution is 2.44. The Labute approximate surface area is 187 Å². The molecule has 1 aliphatic rings. The normalized spacial score (nSPS) is 15.4. The lowest BCUT2D eigenvalue weighted by atomic mass is 9.98. The van der Waals surface area contributed by atoms with Crippen molar-refractivity contribution in [1.29, 1.82) is 0 Å². The second-order valence-electron chi connectivity index (χ2n) is 7.82. The average molecular weight is 449 g/mol. The second kappa shape index (κ2) is 7.20. The minimum Gasteiger partial charge on any atom is -0.504 e. The highest BCUT2D eigenvalue weighted by Gasteiger charge is 2.45. The first kappa shape index (κ1) is 20.3. The third kappa shape index (κ3) is 2.90. The Bertz CT molecular complexity index is 1450. The molecule has 2 aromatic heterocycles. The number of rotatable bonds is 3. The highest BCUT2D eigenvalue weighted by atomic mass is 32.1. The molecule has 1 amide bonds. The summed E-state index contributed by atoms with van der Waals surface area (Å²) < 4.78 is 11.3. The van der Waals surface area contributed by atoms with E-state index >= 15 is 0 Å². The fourth-order valence-corrected chi connectivity index (χ4v) is 4.96. The zero-order valence-corrected chi connectivity index (χ0v) is 18.7. The van der Waals surface area contributed by atoms with Gasteiger partial charge in [-0.2, -0.15) is 0 Å². The van der Waals surface area contributed by atoms with Gasteiger partial charge in [-0.25, -0.2) is 4.98 Å². The van der Waals surface area contributed by atoms with Gasteiger partial charge in [0.05, 0.1) is 29.8 Å². The predicted octanol–water partition coefficient (Wildman–Crippen LogP) is 4.64. The topological polar surface area (TPSA) is 92.9 Å². The van der Waals surface area contributed by atoms with Gasteiger partial charge in [0.15, 0.2) is 22.1 Å². The van der Waals surface area contributed by atoms with Crippen LogP contribution in [0.1, 0.15) is 43.9 Å². The molecule has 1 unspecified atom stereocenters. The number of carbonyl (C=O) groups is 1. The third-order valence-electron chi connectivity index (χ3n) is 5.77. The zero-order chi connectivity index (χ0) is 22.7. The molecule has 3 heterocycles. The molecule has 0 bridgehead atoms. The van der Waals surface area contributed by atoms with E-state index in [1.165, 1.54) is 29.4 Å². The summed E-state index contributed by atoms with van der Waals surface area (Å²) in [7, 11) is 1.45. The zero-order valence-electron chi connectivity index (χ0n) is 17.9. The van der Waals surface area contributed by atoms with Gasteiger partial charge in [0.2, 0.25) is 5.76 Å². The standard InChI is InChI=1S/C24H20N2O5S/c1-11-5-8-17-15(9-11)21(28)19-20(14-6-7-16(27)18(10-14)30-4)26(23(29)22(19)31-17)24-25-12(2)13(3)32-24/h5-10,20,27H,1-4H3. The Morgan fingerprint density at radius 1 is 1.12 bits per heavy atom. The number of ether oxygens (including phenoxy) is 1. The molecule has 1 atom stereocenters. The van der Waals surface area contributed by atoms with E-state index in [-0.39, 0.29) is 28.3 Å². The van der Waals surface area contributed by atoms with Crippen molar-refractivity contribution in [2.75, 3.05) is 12.0 Å². The van der Waals surface area contributed by atoms with Gasteiger partial charge in [-0.3, -0.25) is 14.5 Å². The fourth-order valence-electron chi connectivity index (χ4n) is 4.02. The van der Waals surface area contributed by atoms with Gasteiger partial charge in [-0.1, -0.05) is 17.7 Å². The molecule has 2 aromatic carbocycles. The molecule has 8 heteroatoms. The van der Waals surface area contributed by atoms with Crippen LogP contribution in [0.2, 0.25) is 0 Å². The van der Waals surface area contributed by atoms with Crippen molar-refractivity contribution in [2.45, 2.75) is 26.8 Å². The number of benzene rings is 2. The van der Waals surface area contributed by atoms with Crippen LogP contribution in [0.15, 0.2) is 45.6 Å². The molecule has 1 aliphatic heterocycles. The summed E-state index contributed by atoms with van der Waals surface area (Å²) in [6.07, 6.45) is 0. The van der Waals surface area contributed by atoms with Crippen LogP contribution >= 0.6 is 11.3 Å². The molecule has 4 aromatic rings. The van der Waals surface area contributed by atoms with Crippen LogP contribution in [-0.4, -0.2) is 23.1 Å². The number of carbonyl (C=O) groups excluding carboxylic acids is 1. The molecule has 162 valence electrons. The van der Waals surface area contributed by atoms with E-state index in [0.717, 1.165) is 16.1 Å². The minimum absolute atomic E-state index is 0.00824. The lowest BCUT2D eigenvalue weighted by Crippen LogP contribution is -2.29. The molecule has 0 fully saturated rings. The number of aromatic nitrogens is 1. The van der Waals surface area contributed by atoms with E-state index in [4.69, 9.17) is 9.15 Å². The Hall–Kier alpha value is -3.65. The summed E-state index contributed by atoms with van der Waals surface area (Å²) in [5.41, 5.74) is 2.70. The van der Waals surface area contributed by atoms with Gasteiger partial charge in [-0.05, 0) is 50.6 Å². The first-order valence-corrected chi connectivity index (χ1v) is 10.8. The molecule has 1 N–H and O–H groups in total. The van der Waals surface area contributed by atoms with Gasteiger partial charge in [-0.15, -0.1) is 11.3 Å². The van der Waals surface area contributed by atoms with Gasteiger partial charge >= 0.3 is 0 Å². The molecule has 32 heavy (non-hydrogen) atoms. The Kier molecular flexibility index (Phi) is 4.56. The van der Waals surface area contributed by atoms with Crippen LogP contribution in [0, 0.1) is 20.8 Å². The molecule has 0 saturated carbocycles. The van der Waals surface area contributed by atoms with Crippen molar-refractivity contribution < 1.29 is 19.1 Å². The highest BCUT2D eigenvalue weighted by molar-refractivity contribution is 7.15. The molecule has 7 nitrogen and oxygen atoms in total. The number of aryl methyl sites for hydroxylation is 3. The SMILES string of the molecule is COc1cc(C2c3c(oc4ccc(C)cc4c3=O)C(=O)N2c2nc(C)c(C)s2)ccc1O. The minimum atomic E-state index is -0.766. The lowest BCUT2D eigenvalue weighted by molar-refractivity contribution is 0.0971. The van der Waals surface area contributed by atoms with E-state index < -0.39 is 11.9 Å². The number of hydrogen-bond donors (Lipinski definition) is 1. The van der Waals surface area contributed by atoms with Crippen LogP contribution in [0.3, 0.4) is 0 Å². The number of amides is 1. The van der Waals surface area contributed by atoms with Crippen LogP contribution in [0.25, 0.3) is 11.0 Å². The molecule has 0 radical (unpaired) electrons. The molecule has 0 saturated heterocycles. The van der Waals surface area contributed by atoms with Gasteiger partial charge in [0.1, 0.15) is 5.58 Å². The summed E-state index contributed by atoms with van der Waals surface area (Å²) >= 11 is 1.38. The Balaban J connectivity index is 1.83. The maximum Gasteiger partial charge on any atom is 0.297 e. The van der Waals surface area contributed by atoms with Gasteiger partial charge in [0.25, 0.3) is 5.91 Å². The first-order valence-electron chi connectivity index (χ1n) is 10.0. The van der Waals surface area contributed by atoms with Crippen molar-refractivity contribution in [1.82, 2.24) is 4.98 Å². The van der Waals surface area contributed by atoms with Crippen LogP contribution < -0.4 is 15.1 Å². The molecular weight excluding hydrogens is 428 g/mol. The van der Waals surface area contributed by atoms with Crippen molar-refractivity contribution >= 4 is 33.3 Å². The van der Waals surface area contributed by atoms with E-state index in [1.54, 1.807) is 24.3 Å². The average Bonchev–Trinajstić information content (AvgIpc) is 3.25. The van der Waals surface area contributed by atoms with Crippen molar-refractivity contribution in [3.05, 3.63) is 79.6 Å². The van der Waals surface area contributed by atoms with E-state index in [9.17, 15) is 14.7 Å². The number of hydrogen-bond acceptors (Lipinski definition) is 7. The fraction of sp³-hybridized carbons (Fsp3) is 0.208. The maximum absolute atomic E-state index is 13.6. The number of fused-ring (bicyclic) bond motifs is 2. The molecule has 0 aliphatic carbocycles. The number of phenolic OH excluding ortho intramolecular Hbond substituents is 1. The smallest absolute Gasteiger partial charge is 0.297 e.